The summed E-state index contributed by atoms with van der Waals surface area (Å²) in [5.74, 6) is -1.82. The smallest absolute Gasteiger partial charge is 0.370 e. The van der Waals surface area contributed by atoms with Gasteiger partial charge >= 0.3 is 5.97 Å². The highest BCUT2D eigenvalue weighted by Gasteiger charge is 2.45. The predicted molar refractivity (Wildman–Crippen MR) is 70.3 cm³/mol. The molecule has 8 nitrogen and oxygen atoms in total. The SMILES string of the molecule is O=C(O)C1=C[C@H](O)[C@@H](N2CCCC2)[C@H]([C@H](O)[C@H](O)CO)O1. The van der Waals surface area contributed by atoms with Crippen molar-refractivity contribution in [1.29, 1.82) is 0 Å². The number of carboxylic acid groups (broad SMARTS) is 1. The Morgan fingerprint density at radius 3 is 2.52 bits per heavy atom. The average Bonchev–Trinajstić information content (AvgIpc) is 2.98. The van der Waals surface area contributed by atoms with Gasteiger partial charge in [0.25, 0.3) is 0 Å². The van der Waals surface area contributed by atoms with Gasteiger partial charge in [0.1, 0.15) is 18.3 Å². The lowest BCUT2D eigenvalue weighted by molar-refractivity contribution is -0.155. The van der Waals surface area contributed by atoms with Gasteiger partial charge in [-0.3, -0.25) is 4.90 Å². The molecule has 2 heterocycles. The molecule has 0 aromatic carbocycles. The molecule has 120 valence electrons. The minimum atomic E-state index is -1.50. The number of aliphatic hydroxyl groups excluding tert-OH is 4. The molecule has 0 saturated carbocycles. The van der Waals surface area contributed by atoms with Crippen molar-refractivity contribution in [3.63, 3.8) is 0 Å². The van der Waals surface area contributed by atoms with Gasteiger partial charge in [-0.15, -0.1) is 0 Å². The van der Waals surface area contributed by atoms with Gasteiger partial charge < -0.3 is 30.3 Å². The number of rotatable bonds is 5. The first kappa shape index (κ1) is 16.2. The van der Waals surface area contributed by atoms with Crippen LogP contribution in [0.1, 0.15) is 12.8 Å². The predicted octanol–water partition coefficient (Wildman–Crippen LogP) is -2.11. The Hall–Kier alpha value is -1.19. The summed E-state index contributed by atoms with van der Waals surface area (Å²) in [7, 11) is 0. The quantitative estimate of drug-likeness (QED) is 0.390. The van der Waals surface area contributed by atoms with Crippen LogP contribution in [0.25, 0.3) is 0 Å². The van der Waals surface area contributed by atoms with Gasteiger partial charge in [-0.05, 0) is 32.0 Å². The van der Waals surface area contributed by atoms with Crippen LogP contribution in [0.5, 0.6) is 0 Å². The molecular weight excluding hydrogens is 282 g/mol. The largest absolute Gasteiger partial charge is 0.479 e. The van der Waals surface area contributed by atoms with Crippen LogP contribution in [-0.4, -0.2) is 86.6 Å². The lowest BCUT2D eigenvalue weighted by Gasteiger charge is -2.42. The maximum atomic E-state index is 11.0. The molecule has 0 aliphatic carbocycles. The topological polar surface area (TPSA) is 131 Å². The first-order chi connectivity index (χ1) is 9.95. The van der Waals surface area contributed by atoms with E-state index in [4.69, 9.17) is 14.9 Å². The molecule has 2 aliphatic rings. The Balaban J connectivity index is 2.26. The second kappa shape index (κ2) is 6.71. The first-order valence-electron chi connectivity index (χ1n) is 6.96. The third-order valence-corrected chi connectivity index (χ3v) is 3.96. The monoisotopic (exact) mass is 303 g/mol. The van der Waals surface area contributed by atoms with E-state index in [-0.39, 0.29) is 0 Å². The van der Waals surface area contributed by atoms with Crippen molar-refractivity contribution >= 4 is 5.97 Å². The number of aliphatic hydroxyl groups is 4. The number of likely N-dealkylation sites (tertiary alicyclic amines) is 1. The Kier molecular flexibility index (Phi) is 5.17. The van der Waals surface area contributed by atoms with E-state index in [0.29, 0.717) is 13.1 Å². The molecule has 8 heteroatoms. The lowest BCUT2D eigenvalue weighted by atomic mass is 9.93. The standard InChI is InChI=1S/C13H21NO7/c15-6-8(17)11(18)12-10(14-3-1-2-4-14)7(16)5-9(21-12)13(19)20/h5,7-8,10-12,15-18H,1-4,6H2,(H,19,20)/t7-,8+,10+,11+,12+/m0/s1. The molecule has 5 N–H and O–H groups in total. The second-order valence-corrected chi connectivity index (χ2v) is 5.38. The zero-order chi connectivity index (χ0) is 15.6. The fourth-order valence-corrected chi connectivity index (χ4v) is 2.89. The highest BCUT2D eigenvalue weighted by Crippen LogP contribution is 2.28. The van der Waals surface area contributed by atoms with Gasteiger partial charge in [0.15, 0.2) is 0 Å². The summed E-state index contributed by atoms with van der Waals surface area (Å²) in [6.07, 6.45) is -2.27. The summed E-state index contributed by atoms with van der Waals surface area (Å²) in [5.41, 5.74) is 0. The number of carboxylic acids is 1. The number of nitrogens with zero attached hydrogens (tertiary/aromatic N) is 1. The summed E-state index contributed by atoms with van der Waals surface area (Å²) < 4.78 is 5.27. The molecular formula is C13H21NO7. The fourth-order valence-electron chi connectivity index (χ4n) is 2.89. The number of hydrogen-bond acceptors (Lipinski definition) is 7. The van der Waals surface area contributed by atoms with Crippen molar-refractivity contribution in [2.24, 2.45) is 0 Å². The van der Waals surface area contributed by atoms with Crippen LogP contribution in [0, 0.1) is 0 Å². The van der Waals surface area contributed by atoms with Gasteiger partial charge in [0.2, 0.25) is 5.76 Å². The zero-order valence-electron chi connectivity index (χ0n) is 11.5. The van der Waals surface area contributed by atoms with Crippen LogP contribution in [-0.2, 0) is 9.53 Å². The van der Waals surface area contributed by atoms with E-state index in [1.807, 2.05) is 4.90 Å². The summed E-state index contributed by atoms with van der Waals surface area (Å²) in [4.78, 5) is 12.9. The molecule has 0 aromatic rings. The molecule has 2 aliphatic heterocycles. The van der Waals surface area contributed by atoms with E-state index in [1.54, 1.807) is 0 Å². The molecule has 5 atom stereocenters. The number of ether oxygens (including phenoxy) is 1. The Morgan fingerprint density at radius 2 is 2.00 bits per heavy atom. The van der Waals surface area contributed by atoms with Crippen LogP contribution in [0.15, 0.2) is 11.8 Å². The number of hydrogen-bond donors (Lipinski definition) is 5. The van der Waals surface area contributed by atoms with E-state index in [2.05, 4.69) is 0 Å². The molecule has 0 bridgehead atoms. The lowest BCUT2D eigenvalue weighted by Crippen LogP contribution is -2.59. The zero-order valence-corrected chi connectivity index (χ0v) is 11.5. The minimum Gasteiger partial charge on any atom is -0.479 e. The van der Waals surface area contributed by atoms with Crippen molar-refractivity contribution in [2.75, 3.05) is 19.7 Å². The van der Waals surface area contributed by atoms with Crippen molar-refractivity contribution in [3.8, 4) is 0 Å². The minimum absolute atomic E-state index is 0.466. The van der Waals surface area contributed by atoms with Crippen molar-refractivity contribution in [1.82, 2.24) is 4.90 Å². The van der Waals surface area contributed by atoms with Crippen LogP contribution in [0.4, 0.5) is 0 Å². The molecule has 1 fully saturated rings. The van der Waals surface area contributed by atoms with E-state index in [0.717, 1.165) is 18.9 Å². The summed E-state index contributed by atoms with van der Waals surface area (Å²) in [6, 6.07) is -0.660. The van der Waals surface area contributed by atoms with Crippen LogP contribution < -0.4 is 0 Å². The Bertz CT molecular complexity index is 407. The fraction of sp³-hybridized carbons (Fsp3) is 0.769. The molecule has 0 amide bonds. The second-order valence-electron chi connectivity index (χ2n) is 5.38. The molecule has 0 unspecified atom stereocenters. The first-order valence-corrected chi connectivity index (χ1v) is 6.96. The molecule has 0 aromatic heterocycles. The summed E-state index contributed by atoms with van der Waals surface area (Å²) >= 11 is 0. The van der Waals surface area contributed by atoms with E-state index < -0.39 is 48.8 Å². The van der Waals surface area contributed by atoms with E-state index in [9.17, 15) is 20.1 Å². The van der Waals surface area contributed by atoms with Crippen molar-refractivity contribution in [3.05, 3.63) is 11.8 Å². The Morgan fingerprint density at radius 1 is 1.38 bits per heavy atom. The van der Waals surface area contributed by atoms with Crippen LogP contribution in [0.2, 0.25) is 0 Å². The maximum Gasteiger partial charge on any atom is 0.370 e. The molecule has 21 heavy (non-hydrogen) atoms. The number of carbonyl (C=O) groups is 1. The highest BCUT2D eigenvalue weighted by atomic mass is 16.5. The van der Waals surface area contributed by atoms with Crippen molar-refractivity contribution < 1.29 is 35.1 Å². The third-order valence-electron chi connectivity index (χ3n) is 3.96. The van der Waals surface area contributed by atoms with Crippen LogP contribution >= 0.6 is 0 Å². The van der Waals surface area contributed by atoms with Gasteiger partial charge in [0.05, 0.1) is 18.8 Å². The summed E-state index contributed by atoms with van der Waals surface area (Å²) in [5, 5.41) is 47.9. The highest BCUT2D eigenvalue weighted by molar-refractivity contribution is 5.84. The normalized spacial score (nSPS) is 33.1. The molecule has 2 rings (SSSR count). The molecule has 0 radical (unpaired) electrons. The van der Waals surface area contributed by atoms with Crippen molar-refractivity contribution in [2.45, 2.75) is 43.3 Å². The molecule has 0 spiro atoms. The Labute approximate surface area is 121 Å². The van der Waals surface area contributed by atoms with E-state index >= 15 is 0 Å². The van der Waals surface area contributed by atoms with Gasteiger partial charge in [0, 0.05) is 0 Å². The maximum absolute atomic E-state index is 11.0. The average molecular weight is 303 g/mol. The van der Waals surface area contributed by atoms with Gasteiger partial charge in [-0.25, -0.2) is 4.79 Å². The third kappa shape index (κ3) is 3.35. The van der Waals surface area contributed by atoms with Crippen LogP contribution in [0.3, 0.4) is 0 Å². The summed E-state index contributed by atoms with van der Waals surface area (Å²) in [6.45, 7) is 0.704. The van der Waals surface area contributed by atoms with Gasteiger partial charge in [-0.2, -0.15) is 0 Å². The van der Waals surface area contributed by atoms with Gasteiger partial charge in [-0.1, -0.05) is 0 Å². The molecule has 1 saturated heterocycles. The number of aliphatic carboxylic acids is 1. The van der Waals surface area contributed by atoms with E-state index in [1.165, 1.54) is 0 Å².